The molecule has 3 heteroatoms. The van der Waals surface area contributed by atoms with Crippen molar-refractivity contribution in [3.05, 3.63) is 27.7 Å². The van der Waals surface area contributed by atoms with E-state index in [0.717, 1.165) is 12.1 Å². The van der Waals surface area contributed by atoms with E-state index in [2.05, 4.69) is 59.2 Å². The fourth-order valence-corrected chi connectivity index (χ4v) is 4.02. The van der Waals surface area contributed by atoms with Crippen molar-refractivity contribution in [3.63, 3.8) is 0 Å². The van der Waals surface area contributed by atoms with E-state index in [0.29, 0.717) is 6.04 Å². The molecule has 2 aliphatic heterocycles. The maximum absolute atomic E-state index is 3.76. The molecule has 2 bridgehead atoms. The minimum Gasteiger partial charge on any atom is -0.382 e. The van der Waals surface area contributed by atoms with Crippen LogP contribution in [0.4, 0.5) is 5.69 Å². The molecule has 104 valence electrons. The summed E-state index contributed by atoms with van der Waals surface area (Å²) in [6, 6.07) is 6.77. The number of hydrogen-bond donors (Lipinski definition) is 1. The van der Waals surface area contributed by atoms with Gasteiger partial charge in [-0.3, -0.25) is 0 Å². The van der Waals surface area contributed by atoms with E-state index in [4.69, 9.17) is 0 Å². The number of piperidine rings is 1. The van der Waals surface area contributed by atoms with Gasteiger partial charge in [0.15, 0.2) is 0 Å². The van der Waals surface area contributed by atoms with Crippen LogP contribution in [0.25, 0.3) is 0 Å². The average Bonchev–Trinajstić information content (AvgIpc) is 2.60. The number of benzene rings is 1. The molecule has 0 radical (unpaired) electrons. The second kappa shape index (κ2) is 5.10. The SMILES string of the molecule is Cc1cc(NC2CC3CCC(C2)N3C)cc(C)c1Br. The van der Waals surface area contributed by atoms with Crippen LogP contribution in [0, 0.1) is 13.8 Å². The van der Waals surface area contributed by atoms with E-state index in [1.807, 2.05) is 0 Å². The fraction of sp³-hybridized carbons (Fsp3) is 0.625. The Labute approximate surface area is 124 Å². The van der Waals surface area contributed by atoms with Crippen molar-refractivity contribution >= 4 is 21.6 Å². The maximum Gasteiger partial charge on any atom is 0.0348 e. The number of nitrogens with zero attached hydrogens (tertiary/aromatic N) is 1. The van der Waals surface area contributed by atoms with Crippen molar-refractivity contribution in [2.75, 3.05) is 12.4 Å². The van der Waals surface area contributed by atoms with Crippen LogP contribution in [-0.4, -0.2) is 30.1 Å². The molecule has 19 heavy (non-hydrogen) atoms. The fourth-order valence-electron chi connectivity index (χ4n) is 3.79. The molecule has 0 saturated carbocycles. The molecule has 0 aliphatic carbocycles. The molecule has 2 fully saturated rings. The molecular formula is C16H23BrN2. The number of nitrogens with one attached hydrogen (secondary N) is 1. The van der Waals surface area contributed by atoms with Crippen LogP contribution in [0.3, 0.4) is 0 Å². The lowest BCUT2D eigenvalue weighted by molar-refractivity contribution is 0.169. The second-order valence-electron chi connectivity index (χ2n) is 6.29. The standard InChI is InChI=1S/C16H23BrN2/c1-10-6-12(7-11(2)16(10)17)18-13-8-14-4-5-15(9-13)19(14)3/h6-7,13-15,18H,4-5,8-9H2,1-3H3. The predicted octanol–water partition coefficient (Wildman–Crippen LogP) is 4.10. The number of fused-ring (bicyclic) bond motifs is 2. The minimum absolute atomic E-state index is 0.647. The van der Waals surface area contributed by atoms with Gasteiger partial charge in [-0.1, -0.05) is 15.9 Å². The molecule has 2 saturated heterocycles. The van der Waals surface area contributed by atoms with Crippen LogP contribution < -0.4 is 5.32 Å². The third kappa shape index (κ3) is 2.55. The minimum atomic E-state index is 0.647. The van der Waals surface area contributed by atoms with Gasteiger partial charge in [-0.15, -0.1) is 0 Å². The topological polar surface area (TPSA) is 15.3 Å². The summed E-state index contributed by atoms with van der Waals surface area (Å²) in [5.41, 5.74) is 3.92. The van der Waals surface area contributed by atoms with Crippen molar-refractivity contribution in [2.24, 2.45) is 0 Å². The third-order valence-electron chi connectivity index (χ3n) is 4.91. The zero-order chi connectivity index (χ0) is 13.6. The Balaban J connectivity index is 1.73. The van der Waals surface area contributed by atoms with Crippen molar-refractivity contribution in [1.29, 1.82) is 0 Å². The lowest BCUT2D eigenvalue weighted by Gasteiger charge is -2.37. The summed E-state index contributed by atoms with van der Waals surface area (Å²) in [5, 5.41) is 3.76. The molecule has 1 N–H and O–H groups in total. The molecule has 0 amide bonds. The Morgan fingerprint density at radius 1 is 1.11 bits per heavy atom. The molecule has 1 aromatic carbocycles. The van der Waals surface area contributed by atoms with Crippen LogP contribution in [-0.2, 0) is 0 Å². The molecule has 2 atom stereocenters. The van der Waals surface area contributed by atoms with E-state index in [1.165, 1.54) is 47.0 Å². The van der Waals surface area contributed by atoms with Crippen molar-refractivity contribution in [1.82, 2.24) is 4.90 Å². The lowest BCUT2D eigenvalue weighted by Crippen LogP contribution is -2.44. The number of hydrogen-bond acceptors (Lipinski definition) is 2. The summed E-state index contributed by atoms with van der Waals surface area (Å²) in [7, 11) is 2.30. The predicted molar refractivity (Wildman–Crippen MR) is 84.8 cm³/mol. The number of aryl methyl sites for hydroxylation is 2. The van der Waals surface area contributed by atoms with Crippen LogP contribution in [0.1, 0.15) is 36.8 Å². The first-order chi connectivity index (χ1) is 9.04. The summed E-state index contributed by atoms with van der Waals surface area (Å²) in [6.07, 6.45) is 5.36. The van der Waals surface area contributed by atoms with Gasteiger partial charge in [0.2, 0.25) is 0 Å². The number of anilines is 1. The van der Waals surface area contributed by atoms with Gasteiger partial charge in [0.1, 0.15) is 0 Å². The first-order valence-corrected chi connectivity index (χ1v) is 8.09. The van der Waals surface area contributed by atoms with Gasteiger partial charge in [0.25, 0.3) is 0 Å². The second-order valence-corrected chi connectivity index (χ2v) is 7.08. The van der Waals surface area contributed by atoms with Crippen LogP contribution in [0.2, 0.25) is 0 Å². The van der Waals surface area contributed by atoms with Crippen molar-refractivity contribution < 1.29 is 0 Å². The summed E-state index contributed by atoms with van der Waals surface area (Å²) >= 11 is 3.64. The zero-order valence-corrected chi connectivity index (χ0v) is 13.6. The first kappa shape index (κ1) is 13.4. The van der Waals surface area contributed by atoms with E-state index >= 15 is 0 Å². The lowest BCUT2D eigenvalue weighted by atomic mass is 9.97. The smallest absolute Gasteiger partial charge is 0.0348 e. The van der Waals surface area contributed by atoms with Gasteiger partial charge in [0, 0.05) is 28.3 Å². The highest BCUT2D eigenvalue weighted by Gasteiger charge is 2.38. The highest BCUT2D eigenvalue weighted by molar-refractivity contribution is 9.10. The molecule has 2 aliphatic rings. The highest BCUT2D eigenvalue weighted by Crippen LogP contribution is 2.36. The summed E-state index contributed by atoms with van der Waals surface area (Å²) in [5.74, 6) is 0. The van der Waals surface area contributed by atoms with E-state index in [-0.39, 0.29) is 0 Å². The number of halogens is 1. The van der Waals surface area contributed by atoms with Gasteiger partial charge >= 0.3 is 0 Å². The van der Waals surface area contributed by atoms with Crippen molar-refractivity contribution in [2.45, 2.75) is 57.7 Å². The van der Waals surface area contributed by atoms with Crippen LogP contribution in [0.15, 0.2) is 16.6 Å². The van der Waals surface area contributed by atoms with Gasteiger partial charge in [-0.05, 0) is 69.8 Å². The Hall–Kier alpha value is -0.540. The summed E-state index contributed by atoms with van der Waals surface area (Å²) in [4.78, 5) is 2.59. The molecule has 0 aromatic heterocycles. The largest absolute Gasteiger partial charge is 0.382 e. The molecule has 2 heterocycles. The van der Waals surface area contributed by atoms with Crippen LogP contribution in [0.5, 0.6) is 0 Å². The van der Waals surface area contributed by atoms with E-state index < -0.39 is 0 Å². The normalized spacial score (nSPS) is 30.6. The quantitative estimate of drug-likeness (QED) is 0.881. The van der Waals surface area contributed by atoms with Crippen molar-refractivity contribution in [3.8, 4) is 0 Å². The Kier molecular flexibility index (Phi) is 3.61. The maximum atomic E-state index is 3.76. The molecule has 0 spiro atoms. The molecule has 2 nitrogen and oxygen atoms in total. The Morgan fingerprint density at radius 2 is 1.63 bits per heavy atom. The average molecular weight is 323 g/mol. The third-order valence-corrected chi connectivity index (χ3v) is 6.16. The van der Waals surface area contributed by atoms with Gasteiger partial charge in [-0.2, -0.15) is 0 Å². The van der Waals surface area contributed by atoms with Gasteiger partial charge < -0.3 is 10.2 Å². The summed E-state index contributed by atoms with van der Waals surface area (Å²) < 4.78 is 1.24. The van der Waals surface area contributed by atoms with Crippen LogP contribution >= 0.6 is 15.9 Å². The first-order valence-electron chi connectivity index (χ1n) is 7.30. The Morgan fingerprint density at radius 3 is 2.16 bits per heavy atom. The molecule has 2 unspecified atom stereocenters. The Bertz CT molecular complexity index is 449. The molecular weight excluding hydrogens is 300 g/mol. The number of rotatable bonds is 2. The van der Waals surface area contributed by atoms with E-state index in [1.54, 1.807) is 0 Å². The monoisotopic (exact) mass is 322 g/mol. The zero-order valence-electron chi connectivity index (χ0n) is 12.0. The van der Waals surface area contributed by atoms with Gasteiger partial charge in [-0.25, -0.2) is 0 Å². The van der Waals surface area contributed by atoms with Gasteiger partial charge in [0.05, 0.1) is 0 Å². The van der Waals surface area contributed by atoms with E-state index in [9.17, 15) is 0 Å². The molecule has 3 rings (SSSR count). The summed E-state index contributed by atoms with van der Waals surface area (Å²) in [6.45, 7) is 4.33. The highest BCUT2D eigenvalue weighted by atomic mass is 79.9. The molecule has 1 aromatic rings.